The van der Waals surface area contributed by atoms with Crippen LogP contribution in [0.2, 0.25) is 0 Å². The summed E-state index contributed by atoms with van der Waals surface area (Å²) in [6.07, 6.45) is 2.15. The van der Waals surface area contributed by atoms with Gasteiger partial charge in [0.05, 0.1) is 43.0 Å². The SMILES string of the molecule is COc1ccc(CN(N)/C(=N\N)C(F)(F)c2ccc3c(C)nn(Cc4c(C#N)cccc4C4CC4)c3c2)cc1. The number of hydrazine groups is 1. The molecule has 0 aliphatic heterocycles. The Bertz CT molecular complexity index is 1580. The zero-order valence-electron chi connectivity index (χ0n) is 21.7. The molecule has 1 fully saturated rings. The number of aromatic nitrogens is 2. The van der Waals surface area contributed by atoms with Crippen LogP contribution in [0.4, 0.5) is 8.78 Å². The summed E-state index contributed by atoms with van der Waals surface area (Å²) in [4.78, 5) is 0. The Labute approximate surface area is 225 Å². The number of nitriles is 1. The van der Waals surface area contributed by atoms with E-state index in [0.29, 0.717) is 40.5 Å². The van der Waals surface area contributed by atoms with Gasteiger partial charge in [0.1, 0.15) is 5.75 Å². The van der Waals surface area contributed by atoms with E-state index in [1.165, 1.54) is 12.1 Å². The Morgan fingerprint density at radius 1 is 1.21 bits per heavy atom. The highest BCUT2D eigenvalue weighted by Gasteiger charge is 2.42. The van der Waals surface area contributed by atoms with E-state index in [2.05, 4.69) is 16.3 Å². The minimum absolute atomic E-state index is 0.0379. The van der Waals surface area contributed by atoms with Gasteiger partial charge in [-0.05, 0) is 66.6 Å². The van der Waals surface area contributed by atoms with Gasteiger partial charge in [-0.15, -0.1) is 0 Å². The number of hydrazone groups is 1. The Balaban J connectivity index is 1.48. The highest BCUT2D eigenvalue weighted by atomic mass is 19.3. The summed E-state index contributed by atoms with van der Waals surface area (Å²) in [5.41, 5.74) is 4.15. The summed E-state index contributed by atoms with van der Waals surface area (Å²) in [7, 11) is 1.54. The summed E-state index contributed by atoms with van der Waals surface area (Å²) in [6.45, 7) is 2.09. The smallest absolute Gasteiger partial charge is 0.332 e. The first kappa shape index (κ1) is 26.1. The molecule has 1 aliphatic rings. The van der Waals surface area contributed by atoms with Crippen molar-refractivity contribution in [3.8, 4) is 11.8 Å². The summed E-state index contributed by atoms with van der Waals surface area (Å²) in [6, 6.07) is 19.2. The predicted molar refractivity (Wildman–Crippen MR) is 145 cm³/mol. The van der Waals surface area contributed by atoms with E-state index in [1.807, 2.05) is 19.1 Å². The van der Waals surface area contributed by atoms with Crippen molar-refractivity contribution in [2.45, 2.75) is 44.7 Å². The molecule has 200 valence electrons. The summed E-state index contributed by atoms with van der Waals surface area (Å²) < 4.78 is 38.5. The maximum Gasteiger partial charge on any atom is 0.332 e. The molecular formula is C29H29F2N7O. The number of nitrogens with zero attached hydrogens (tertiary/aromatic N) is 5. The van der Waals surface area contributed by atoms with Crippen LogP contribution in [0.25, 0.3) is 10.9 Å². The molecule has 0 bridgehead atoms. The monoisotopic (exact) mass is 529 g/mol. The largest absolute Gasteiger partial charge is 0.497 e. The van der Waals surface area contributed by atoms with Crippen LogP contribution in [0.1, 0.15) is 52.3 Å². The van der Waals surface area contributed by atoms with Crippen molar-refractivity contribution >= 4 is 16.7 Å². The van der Waals surface area contributed by atoms with Gasteiger partial charge in [-0.1, -0.05) is 36.4 Å². The highest BCUT2D eigenvalue weighted by Crippen LogP contribution is 2.43. The van der Waals surface area contributed by atoms with E-state index >= 15 is 8.78 Å². The second-order valence-electron chi connectivity index (χ2n) is 9.74. The van der Waals surface area contributed by atoms with Crippen molar-refractivity contribution < 1.29 is 13.5 Å². The number of fused-ring (bicyclic) bond motifs is 1. The molecule has 1 aromatic heterocycles. The zero-order chi connectivity index (χ0) is 27.7. The zero-order valence-corrected chi connectivity index (χ0v) is 21.7. The number of alkyl halides is 2. The Morgan fingerprint density at radius 2 is 1.95 bits per heavy atom. The van der Waals surface area contributed by atoms with Gasteiger partial charge in [0.25, 0.3) is 0 Å². The average Bonchev–Trinajstić information content (AvgIpc) is 3.73. The van der Waals surface area contributed by atoms with Crippen molar-refractivity contribution in [2.24, 2.45) is 16.8 Å². The Hall–Kier alpha value is -4.49. The third-order valence-electron chi connectivity index (χ3n) is 7.14. The van der Waals surface area contributed by atoms with Gasteiger partial charge >= 0.3 is 5.92 Å². The number of benzene rings is 3. The molecule has 4 N–H and O–H groups in total. The summed E-state index contributed by atoms with van der Waals surface area (Å²) in [5.74, 6) is 8.20. The van der Waals surface area contributed by atoms with Crippen LogP contribution >= 0.6 is 0 Å². The molecule has 0 amide bonds. The highest BCUT2D eigenvalue weighted by molar-refractivity contribution is 5.91. The third-order valence-corrected chi connectivity index (χ3v) is 7.14. The van der Waals surface area contributed by atoms with Gasteiger partial charge in [0.15, 0.2) is 0 Å². The van der Waals surface area contributed by atoms with E-state index < -0.39 is 11.8 Å². The van der Waals surface area contributed by atoms with Crippen LogP contribution in [0.3, 0.4) is 0 Å². The third kappa shape index (κ3) is 5.01. The van der Waals surface area contributed by atoms with E-state index in [0.717, 1.165) is 34.4 Å². The number of aryl methyl sites for hydroxylation is 1. The number of halogens is 2. The van der Waals surface area contributed by atoms with Crippen LogP contribution in [0, 0.1) is 18.3 Å². The van der Waals surface area contributed by atoms with Gasteiger partial charge in [0, 0.05) is 10.9 Å². The Morgan fingerprint density at radius 3 is 2.59 bits per heavy atom. The number of nitrogens with two attached hydrogens (primary N) is 2. The molecule has 39 heavy (non-hydrogen) atoms. The van der Waals surface area contributed by atoms with Gasteiger partial charge in [-0.3, -0.25) is 9.69 Å². The van der Waals surface area contributed by atoms with E-state index in [4.69, 9.17) is 16.4 Å². The quantitative estimate of drug-likeness (QED) is 0.145. The van der Waals surface area contributed by atoms with E-state index in [9.17, 15) is 5.26 Å². The van der Waals surface area contributed by atoms with Gasteiger partial charge in [0.2, 0.25) is 5.84 Å². The molecule has 0 spiro atoms. The molecule has 10 heteroatoms. The van der Waals surface area contributed by atoms with Crippen molar-refractivity contribution in [1.29, 1.82) is 5.26 Å². The fraction of sp³-hybridized carbons (Fsp3) is 0.276. The lowest BCUT2D eigenvalue weighted by atomic mass is 9.98. The van der Waals surface area contributed by atoms with Gasteiger partial charge in [-0.25, -0.2) is 5.84 Å². The van der Waals surface area contributed by atoms with Gasteiger partial charge in [-0.2, -0.15) is 24.2 Å². The fourth-order valence-corrected chi connectivity index (χ4v) is 4.94. The molecule has 0 radical (unpaired) electrons. The topological polar surface area (TPSA) is 118 Å². The molecule has 0 atom stereocenters. The maximum absolute atomic E-state index is 15.9. The van der Waals surface area contributed by atoms with Gasteiger partial charge < -0.3 is 10.6 Å². The molecule has 0 unspecified atom stereocenters. The lowest BCUT2D eigenvalue weighted by Gasteiger charge is -2.26. The average molecular weight is 530 g/mol. The first-order valence-electron chi connectivity index (χ1n) is 12.6. The lowest BCUT2D eigenvalue weighted by molar-refractivity contribution is 0.0584. The molecule has 1 heterocycles. The second-order valence-corrected chi connectivity index (χ2v) is 9.74. The number of hydrogen-bond donors (Lipinski definition) is 2. The molecule has 3 aromatic carbocycles. The summed E-state index contributed by atoms with van der Waals surface area (Å²) in [5, 5.41) is 19.3. The normalized spacial score (nSPS) is 13.9. The molecular weight excluding hydrogens is 500 g/mol. The first-order chi connectivity index (χ1) is 18.8. The second kappa shape index (κ2) is 10.3. The Kier molecular flexibility index (Phi) is 6.93. The van der Waals surface area contributed by atoms with Crippen LogP contribution in [-0.2, 0) is 19.0 Å². The standard InChI is InChI=1S/C29H29F2N7O/c1-18-24-13-10-22(29(30,31)28(35-33)37(34)16-19-6-11-23(39-2)12-7-19)14-27(24)38(36-18)17-26-21(15-32)4-3-5-25(26)20-8-9-20/h3-7,10-14,20H,8-9,16-17,33-34H2,1-2H3/b35-28-. The van der Waals surface area contributed by atoms with Crippen molar-refractivity contribution in [3.05, 3.63) is 94.2 Å². The fourth-order valence-electron chi connectivity index (χ4n) is 4.94. The molecule has 8 nitrogen and oxygen atoms in total. The van der Waals surface area contributed by atoms with Crippen LogP contribution < -0.4 is 16.4 Å². The number of methoxy groups -OCH3 is 1. The molecule has 4 aromatic rings. The van der Waals surface area contributed by atoms with Crippen LogP contribution in [0.5, 0.6) is 5.75 Å². The summed E-state index contributed by atoms with van der Waals surface area (Å²) >= 11 is 0. The predicted octanol–water partition coefficient (Wildman–Crippen LogP) is 4.89. The van der Waals surface area contributed by atoms with Crippen molar-refractivity contribution in [3.63, 3.8) is 0 Å². The number of amidine groups is 1. The first-order valence-corrected chi connectivity index (χ1v) is 12.6. The molecule has 1 saturated carbocycles. The van der Waals surface area contributed by atoms with Crippen molar-refractivity contribution in [2.75, 3.05) is 7.11 Å². The van der Waals surface area contributed by atoms with Crippen LogP contribution in [-0.4, -0.2) is 27.7 Å². The number of ether oxygens (including phenoxy) is 1. The molecule has 1 aliphatic carbocycles. The molecule has 0 saturated heterocycles. The molecule has 5 rings (SSSR count). The number of rotatable bonds is 8. The van der Waals surface area contributed by atoms with E-state index in [1.54, 1.807) is 48.2 Å². The number of hydrogen-bond acceptors (Lipinski definition) is 6. The van der Waals surface area contributed by atoms with Crippen molar-refractivity contribution in [1.82, 2.24) is 14.8 Å². The van der Waals surface area contributed by atoms with E-state index in [-0.39, 0.29) is 12.1 Å². The minimum Gasteiger partial charge on any atom is -0.497 e. The lowest BCUT2D eigenvalue weighted by Crippen LogP contribution is -2.46. The maximum atomic E-state index is 15.9. The minimum atomic E-state index is -3.59. The van der Waals surface area contributed by atoms with Crippen LogP contribution in [0.15, 0.2) is 65.8 Å².